The Balaban J connectivity index is 0.00000225. The third kappa shape index (κ3) is 5.01. The molecule has 1 aromatic carbocycles. The Morgan fingerprint density at radius 1 is 1.38 bits per heavy atom. The van der Waals surface area contributed by atoms with Crippen LogP contribution in [-0.4, -0.2) is 19.8 Å². The van der Waals surface area contributed by atoms with E-state index in [4.69, 9.17) is 4.74 Å². The van der Waals surface area contributed by atoms with Crippen molar-refractivity contribution in [3.8, 4) is 5.75 Å². The number of methoxy groups -OCH3 is 1. The summed E-state index contributed by atoms with van der Waals surface area (Å²) in [6.45, 7) is 0. The van der Waals surface area contributed by atoms with Gasteiger partial charge in [-0.25, -0.2) is 8.42 Å². The molecule has 0 unspecified atom stereocenters. The van der Waals surface area contributed by atoms with E-state index in [2.05, 4.69) is 29.6 Å². The molecule has 1 rings (SSSR count). The molecule has 0 saturated heterocycles. The molecule has 0 bridgehead atoms. The number of benzene rings is 1. The number of hydrogen-bond donors (Lipinski definition) is 2. The quantitative estimate of drug-likeness (QED) is 0.393. The number of rotatable bonds is 3. The van der Waals surface area contributed by atoms with Gasteiger partial charge in [0.1, 0.15) is 10.1 Å². The maximum absolute atomic E-state index is 11.6. The third-order valence-corrected chi connectivity index (χ3v) is 3.45. The Morgan fingerprint density at radius 3 is 2.25 bits per heavy atom. The van der Waals surface area contributed by atoms with Gasteiger partial charge in [0.05, 0.1) is 12.0 Å². The average molecular weight is 302 g/mol. The molecule has 0 amide bonds. The average Bonchev–Trinajstić information content (AvgIpc) is 2.16. The normalized spacial score (nSPS) is 10.1. The Labute approximate surface area is 148 Å². The summed E-state index contributed by atoms with van der Waals surface area (Å²) in [4.78, 5) is 0.111. The van der Waals surface area contributed by atoms with Crippen molar-refractivity contribution in [3.63, 3.8) is 0 Å². The molecule has 0 aliphatic carbocycles. The van der Waals surface area contributed by atoms with E-state index < -0.39 is 10.0 Å². The largest absolute Gasteiger partial charge is 1.00 e. The molecule has 1 N–H and O–H groups in total. The maximum atomic E-state index is 11.6. The standard InChI is InChI=1S/C8H9NO3S3.K/c1-12-6-2-4-7(5-3-6)15(10,11)9-8(13)14;/h2-5H,1H3,(H2,9,13,14);/q;+1. The minimum Gasteiger partial charge on any atom is -0.497 e. The molecule has 16 heavy (non-hydrogen) atoms. The van der Waals surface area contributed by atoms with E-state index in [1.54, 1.807) is 12.1 Å². The second kappa shape index (κ2) is 7.32. The van der Waals surface area contributed by atoms with Crippen molar-refractivity contribution in [2.24, 2.45) is 0 Å². The van der Waals surface area contributed by atoms with Crippen molar-refractivity contribution in [2.75, 3.05) is 7.11 Å². The summed E-state index contributed by atoms with van der Waals surface area (Å²) < 4.78 is 30.0. The number of sulfonamides is 1. The van der Waals surface area contributed by atoms with Gasteiger partial charge in [-0.3, -0.25) is 4.72 Å². The Morgan fingerprint density at radius 2 is 1.88 bits per heavy atom. The zero-order valence-corrected chi connectivity index (χ0v) is 14.4. The molecule has 1 aromatic rings. The molecule has 0 heterocycles. The smallest absolute Gasteiger partial charge is 0.497 e. The van der Waals surface area contributed by atoms with Crippen LogP contribution in [-0.2, 0) is 10.0 Å². The fourth-order valence-corrected chi connectivity index (χ4v) is 2.46. The zero-order valence-electron chi connectivity index (χ0n) is 8.80. The van der Waals surface area contributed by atoms with Crippen LogP contribution in [0.3, 0.4) is 0 Å². The van der Waals surface area contributed by atoms with Crippen LogP contribution in [0, 0.1) is 0 Å². The van der Waals surface area contributed by atoms with Crippen molar-refractivity contribution in [3.05, 3.63) is 24.3 Å². The molecule has 0 aliphatic heterocycles. The van der Waals surface area contributed by atoms with E-state index in [1.807, 2.05) is 0 Å². The molecule has 4 nitrogen and oxygen atoms in total. The van der Waals surface area contributed by atoms with Crippen LogP contribution in [0.5, 0.6) is 5.75 Å². The first-order chi connectivity index (χ1) is 6.95. The van der Waals surface area contributed by atoms with Crippen LogP contribution < -0.4 is 60.8 Å². The first kappa shape index (κ1) is 16.8. The maximum Gasteiger partial charge on any atom is 1.00 e. The zero-order chi connectivity index (χ0) is 11.5. The number of ether oxygens (including phenoxy) is 1. The van der Waals surface area contributed by atoms with Crippen molar-refractivity contribution >= 4 is 39.2 Å². The van der Waals surface area contributed by atoms with Gasteiger partial charge in [-0.05, 0) is 24.3 Å². The Hall–Kier alpha value is 0.846. The van der Waals surface area contributed by atoms with E-state index >= 15 is 0 Å². The third-order valence-electron chi connectivity index (χ3n) is 1.59. The number of thiol groups is 1. The predicted molar refractivity (Wildman–Crippen MR) is 64.9 cm³/mol. The van der Waals surface area contributed by atoms with Gasteiger partial charge in [-0.15, -0.1) is 12.6 Å². The fraction of sp³-hybridized carbons (Fsp3) is 0.125. The SMILES string of the molecule is COc1ccc(S(=O)(=O)NC(=S)S)cc1.[K+]. The molecule has 0 fully saturated rings. The molecule has 0 atom stereocenters. The Kier molecular flexibility index (Phi) is 7.71. The van der Waals surface area contributed by atoms with E-state index in [0.29, 0.717) is 5.75 Å². The molecular formula is C8H9KNO3S3+. The van der Waals surface area contributed by atoms with E-state index in [9.17, 15) is 8.42 Å². The van der Waals surface area contributed by atoms with Gasteiger partial charge >= 0.3 is 51.4 Å². The number of hydrogen-bond acceptors (Lipinski definition) is 4. The second-order valence-electron chi connectivity index (χ2n) is 2.59. The molecule has 82 valence electrons. The summed E-state index contributed by atoms with van der Waals surface area (Å²) in [5, 5.41) is 0. The first-order valence-corrected chi connectivity index (χ1v) is 6.19. The predicted octanol–water partition coefficient (Wildman–Crippen LogP) is -1.81. The van der Waals surface area contributed by atoms with Crippen molar-refractivity contribution in [1.29, 1.82) is 0 Å². The summed E-state index contributed by atoms with van der Waals surface area (Å²) in [5.74, 6) is 0.586. The molecule has 0 spiro atoms. The fourth-order valence-electron chi connectivity index (χ4n) is 0.929. The van der Waals surface area contributed by atoms with Gasteiger partial charge in [0, 0.05) is 0 Å². The van der Waals surface area contributed by atoms with E-state index in [1.165, 1.54) is 19.2 Å². The van der Waals surface area contributed by atoms with Crippen molar-refractivity contribution in [2.45, 2.75) is 4.90 Å². The molecular weight excluding hydrogens is 293 g/mol. The first-order valence-electron chi connectivity index (χ1n) is 3.85. The van der Waals surface area contributed by atoms with Gasteiger partial charge in [-0.1, -0.05) is 12.2 Å². The van der Waals surface area contributed by atoms with E-state index in [0.717, 1.165) is 0 Å². The minimum atomic E-state index is -3.61. The Bertz CT molecular complexity index is 458. The summed E-state index contributed by atoms with van der Waals surface area (Å²) in [6.07, 6.45) is 0. The van der Waals surface area contributed by atoms with Gasteiger partial charge in [0.25, 0.3) is 10.0 Å². The topological polar surface area (TPSA) is 55.4 Å². The van der Waals surface area contributed by atoms with Crippen LogP contribution >= 0.6 is 24.8 Å². The number of thiocarbonyl (C=S) groups is 1. The van der Waals surface area contributed by atoms with Crippen molar-refractivity contribution < 1.29 is 64.5 Å². The summed E-state index contributed by atoms with van der Waals surface area (Å²) in [6, 6.07) is 5.95. The minimum absolute atomic E-state index is 0. The summed E-state index contributed by atoms with van der Waals surface area (Å²) in [5.41, 5.74) is 0. The molecule has 8 heteroatoms. The molecule has 0 aliphatic rings. The van der Waals surface area contributed by atoms with Crippen LogP contribution in [0.2, 0.25) is 0 Å². The van der Waals surface area contributed by atoms with E-state index in [-0.39, 0.29) is 60.6 Å². The van der Waals surface area contributed by atoms with Crippen LogP contribution in [0.4, 0.5) is 0 Å². The molecule has 0 saturated carbocycles. The van der Waals surface area contributed by atoms with Gasteiger partial charge in [0.2, 0.25) is 0 Å². The molecule has 0 aromatic heterocycles. The van der Waals surface area contributed by atoms with Gasteiger partial charge < -0.3 is 4.74 Å². The van der Waals surface area contributed by atoms with Crippen LogP contribution in [0.25, 0.3) is 0 Å². The second-order valence-corrected chi connectivity index (χ2v) is 5.43. The molecule has 0 radical (unpaired) electrons. The summed E-state index contributed by atoms with van der Waals surface area (Å²) in [7, 11) is -2.10. The van der Waals surface area contributed by atoms with Crippen LogP contribution in [0.1, 0.15) is 0 Å². The van der Waals surface area contributed by atoms with Crippen molar-refractivity contribution in [1.82, 2.24) is 4.72 Å². The monoisotopic (exact) mass is 302 g/mol. The van der Waals surface area contributed by atoms with Gasteiger partial charge in [-0.2, -0.15) is 0 Å². The van der Waals surface area contributed by atoms with Crippen LogP contribution in [0.15, 0.2) is 29.2 Å². The number of nitrogens with one attached hydrogen (secondary N) is 1. The van der Waals surface area contributed by atoms with Gasteiger partial charge in [0.15, 0.2) is 0 Å². The summed E-state index contributed by atoms with van der Waals surface area (Å²) >= 11 is 8.24.